The zero-order chi connectivity index (χ0) is 25.0. The minimum absolute atomic E-state index is 0.0129. The van der Waals surface area contributed by atoms with E-state index in [1.807, 2.05) is 56.6 Å². The Bertz CT molecular complexity index is 1670. The molecular weight excluding hydrogens is 496 g/mol. The summed E-state index contributed by atoms with van der Waals surface area (Å²) in [4.78, 5) is 27.7. The van der Waals surface area contributed by atoms with Crippen molar-refractivity contribution in [1.82, 2.24) is 29.3 Å². The Kier molecular flexibility index (Phi) is 5.44. The number of thioether (sulfide) groups is 1. The molecule has 1 aromatic carbocycles. The van der Waals surface area contributed by atoms with Gasteiger partial charge in [0.2, 0.25) is 0 Å². The van der Waals surface area contributed by atoms with Gasteiger partial charge in [0.05, 0.1) is 40.7 Å². The minimum atomic E-state index is -0.386. The molecule has 1 aliphatic heterocycles. The van der Waals surface area contributed by atoms with Crippen molar-refractivity contribution < 1.29 is 5.11 Å². The van der Waals surface area contributed by atoms with Gasteiger partial charge in [0, 0.05) is 41.2 Å². The van der Waals surface area contributed by atoms with Crippen molar-refractivity contribution in [2.24, 2.45) is 7.05 Å². The lowest BCUT2D eigenvalue weighted by Crippen LogP contribution is -2.25. The van der Waals surface area contributed by atoms with Crippen LogP contribution < -0.4 is 5.56 Å². The molecule has 2 atom stereocenters. The Morgan fingerprint density at radius 2 is 1.83 bits per heavy atom. The smallest absolute Gasteiger partial charge is 0.262 e. The number of hydrogen-bond acceptors (Lipinski definition) is 7. The molecule has 0 radical (unpaired) electrons. The zero-order valence-electron chi connectivity index (χ0n) is 19.5. The molecule has 1 saturated heterocycles. The van der Waals surface area contributed by atoms with Gasteiger partial charge in [0.1, 0.15) is 16.6 Å². The molecule has 1 unspecified atom stereocenters. The maximum Gasteiger partial charge on any atom is 0.262 e. The van der Waals surface area contributed by atoms with Gasteiger partial charge in [-0.05, 0) is 37.3 Å². The van der Waals surface area contributed by atoms with Crippen molar-refractivity contribution in [2.45, 2.75) is 17.0 Å². The molecule has 180 valence electrons. The number of benzene rings is 1. The summed E-state index contributed by atoms with van der Waals surface area (Å²) in [6, 6.07) is 13.1. The molecule has 5 aromatic rings. The van der Waals surface area contributed by atoms with Crippen molar-refractivity contribution in [2.75, 3.05) is 6.61 Å². The standard InChI is InChI=1S/C26H21ClN6O2S/c1-26(13-34)25(36-26)33-14-29-23-19(24(33)35)9-21(31-22(23)17-11-30-32(2)12-17)16-5-8-20(28-10-16)15-3-6-18(27)7-4-15/h3-12,14,25,34H,13H2,1-2H3/t25?,26-/m0/s1. The van der Waals surface area contributed by atoms with Gasteiger partial charge in [-0.2, -0.15) is 5.10 Å². The molecule has 1 N–H and O–H groups in total. The van der Waals surface area contributed by atoms with Crippen LogP contribution in [-0.4, -0.2) is 45.8 Å². The second kappa shape index (κ2) is 8.55. The van der Waals surface area contributed by atoms with Crippen LogP contribution in [0.5, 0.6) is 0 Å². The van der Waals surface area contributed by atoms with Gasteiger partial charge in [-0.1, -0.05) is 23.7 Å². The molecule has 4 aromatic heterocycles. The molecule has 0 saturated carbocycles. The summed E-state index contributed by atoms with van der Waals surface area (Å²) < 4.78 is 2.90. The normalized spacial score (nSPS) is 19.1. The van der Waals surface area contributed by atoms with E-state index in [0.717, 1.165) is 22.4 Å². The molecule has 5 heterocycles. The van der Waals surface area contributed by atoms with E-state index in [9.17, 15) is 9.90 Å². The van der Waals surface area contributed by atoms with Gasteiger partial charge in [-0.3, -0.25) is 19.0 Å². The highest BCUT2D eigenvalue weighted by Gasteiger charge is 2.53. The molecule has 0 aliphatic carbocycles. The number of pyridine rings is 2. The van der Waals surface area contributed by atoms with Crippen molar-refractivity contribution in [3.63, 3.8) is 0 Å². The maximum absolute atomic E-state index is 13.6. The molecule has 0 amide bonds. The van der Waals surface area contributed by atoms with Gasteiger partial charge in [0.25, 0.3) is 5.56 Å². The number of fused-ring (bicyclic) bond motifs is 1. The largest absolute Gasteiger partial charge is 0.395 e. The van der Waals surface area contributed by atoms with E-state index in [0.29, 0.717) is 27.3 Å². The molecule has 1 fully saturated rings. The number of halogens is 1. The van der Waals surface area contributed by atoms with E-state index in [4.69, 9.17) is 16.6 Å². The molecule has 36 heavy (non-hydrogen) atoms. The molecule has 0 spiro atoms. The molecule has 1 aliphatic rings. The highest BCUT2D eigenvalue weighted by Crippen LogP contribution is 2.60. The number of aromatic nitrogens is 6. The summed E-state index contributed by atoms with van der Waals surface area (Å²) >= 11 is 7.55. The van der Waals surface area contributed by atoms with Crippen molar-refractivity contribution in [3.8, 4) is 33.8 Å². The SMILES string of the molecule is Cn1cc(-c2nc(-c3ccc(-c4ccc(Cl)cc4)nc3)cc3c(=O)n(C4S[C@@]4(C)CO)cnc23)cn1. The van der Waals surface area contributed by atoms with Crippen LogP contribution in [0.25, 0.3) is 44.7 Å². The lowest BCUT2D eigenvalue weighted by atomic mass is 10.1. The molecule has 6 rings (SSSR count). The number of aliphatic hydroxyl groups is 1. The lowest BCUT2D eigenvalue weighted by molar-refractivity contribution is 0.260. The summed E-state index contributed by atoms with van der Waals surface area (Å²) in [5.41, 5.74) is 4.83. The monoisotopic (exact) mass is 516 g/mol. The Morgan fingerprint density at radius 1 is 1.06 bits per heavy atom. The van der Waals surface area contributed by atoms with Crippen LogP contribution in [0.3, 0.4) is 0 Å². The highest BCUT2D eigenvalue weighted by molar-refractivity contribution is 8.07. The second-order valence-electron chi connectivity index (χ2n) is 8.99. The minimum Gasteiger partial charge on any atom is -0.395 e. The maximum atomic E-state index is 13.6. The van der Waals surface area contributed by atoms with Crippen LogP contribution in [-0.2, 0) is 7.05 Å². The van der Waals surface area contributed by atoms with E-state index < -0.39 is 0 Å². The fourth-order valence-corrected chi connectivity index (χ4v) is 5.32. The third kappa shape index (κ3) is 3.89. The van der Waals surface area contributed by atoms with E-state index in [1.54, 1.807) is 45.8 Å². The Hall–Kier alpha value is -3.53. The van der Waals surface area contributed by atoms with E-state index in [2.05, 4.69) is 15.1 Å². The summed E-state index contributed by atoms with van der Waals surface area (Å²) in [5.74, 6) is 0. The van der Waals surface area contributed by atoms with Crippen molar-refractivity contribution in [1.29, 1.82) is 0 Å². The topological polar surface area (TPSA) is 98.7 Å². The van der Waals surface area contributed by atoms with Gasteiger partial charge in [-0.15, -0.1) is 11.8 Å². The first-order valence-corrected chi connectivity index (χ1v) is 12.5. The van der Waals surface area contributed by atoms with Crippen LogP contribution >= 0.6 is 23.4 Å². The fourth-order valence-electron chi connectivity index (χ4n) is 4.23. The van der Waals surface area contributed by atoms with E-state index in [1.165, 1.54) is 0 Å². The predicted octanol–water partition coefficient (Wildman–Crippen LogP) is 4.57. The van der Waals surface area contributed by atoms with E-state index in [-0.39, 0.29) is 22.3 Å². The van der Waals surface area contributed by atoms with Gasteiger partial charge >= 0.3 is 0 Å². The third-order valence-corrected chi connectivity index (χ3v) is 8.22. The van der Waals surface area contributed by atoms with Crippen LogP contribution in [0, 0.1) is 0 Å². The average molecular weight is 517 g/mol. The fraction of sp³-hybridized carbons (Fsp3) is 0.192. The Balaban J connectivity index is 1.50. The van der Waals surface area contributed by atoms with Crippen LogP contribution in [0.15, 0.2) is 72.2 Å². The predicted molar refractivity (Wildman–Crippen MR) is 142 cm³/mol. The second-order valence-corrected chi connectivity index (χ2v) is 11.0. The molecule has 8 nitrogen and oxygen atoms in total. The number of hydrogen-bond donors (Lipinski definition) is 1. The number of aliphatic hydroxyl groups excluding tert-OH is 1. The van der Waals surface area contributed by atoms with Crippen LogP contribution in [0.1, 0.15) is 12.3 Å². The summed E-state index contributed by atoms with van der Waals surface area (Å²) in [6.07, 6.45) is 6.85. The Labute approximate surface area is 215 Å². The van der Waals surface area contributed by atoms with Crippen LogP contribution in [0.2, 0.25) is 5.02 Å². The molecule has 0 bridgehead atoms. The highest BCUT2D eigenvalue weighted by atomic mass is 35.5. The number of aryl methyl sites for hydroxylation is 1. The first kappa shape index (κ1) is 22.9. The summed E-state index contributed by atoms with van der Waals surface area (Å²) in [5, 5.41) is 15.0. The number of nitrogens with zero attached hydrogens (tertiary/aromatic N) is 6. The van der Waals surface area contributed by atoms with E-state index >= 15 is 0 Å². The average Bonchev–Trinajstić information content (AvgIpc) is 3.38. The first-order valence-electron chi connectivity index (χ1n) is 11.3. The summed E-state index contributed by atoms with van der Waals surface area (Å²) in [6.45, 7) is 1.92. The van der Waals surface area contributed by atoms with Gasteiger partial charge in [-0.25, -0.2) is 9.97 Å². The lowest BCUT2D eigenvalue weighted by Gasteiger charge is -2.11. The Morgan fingerprint density at radius 3 is 2.47 bits per heavy atom. The van der Waals surface area contributed by atoms with Crippen LogP contribution in [0.4, 0.5) is 0 Å². The van der Waals surface area contributed by atoms with Crippen molar-refractivity contribution >= 4 is 34.3 Å². The third-order valence-electron chi connectivity index (χ3n) is 6.36. The van der Waals surface area contributed by atoms with Crippen molar-refractivity contribution in [3.05, 3.63) is 82.8 Å². The van der Waals surface area contributed by atoms with Gasteiger partial charge in [0.15, 0.2) is 0 Å². The molecular formula is C26H21ClN6O2S. The molecule has 10 heteroatoms. The first-order chi connectivity index (χ1) is 17.4. The number of rotatable bonds is 5. The van der Waals surface area contributed by atoms with Gasteiger partial charge < -0.3 is 5.11 Å². The quantitative estimate of drug-likeness (QED) is 0.341. The zero-order valence-corrected chi connectivity index (χ0v) is 21.0. The summed E-state index contributed by atoms with van der Waals surface area (Å²) in [7, 11) is 1.83.